The van der Waals surface area contributed by atoms with E-state index in [9.17, 15) is 0 Å². The smallest absolute Gasteiger partial charge is 0.142 e. The largest absolute Gasteiger partial charge is 0.356 e. The van der Waals surface area contributed by atoms with Crippen LogP contribution in [0.2, 0.25) is 0 Å². The third-order valence-electron chi connectivity index (χ3n) is 3.03. The van der Waals surface area contributed by atoms with Crippen LogP contribution in [0.1, 0.15) is 18.5 Å². The number of hydrogen-bond acceptors (Lipinski definition) is 4. The van der Waals surface area contributed by atoms with Crippen LogP contribution >= 0.6 is 0 Å². The van der Waals surface area contributed by atoms with Crippen molar-refractivity contribution in [3.8, 4) is 6.07 Å². The van der Waals surface area contributed by atoms with Crippen LogP contribution in [0.4, 0.5) is 5.82 Å². The molecule has 0 spiro atoms. The quantitative estimate of drug-likeness (QED) is 0.804. The highest BCUT2D eigenvalue weighted by Gasteiger charge is 2.19. The van der Waals surface area contributed by atoms with E-state index in [0.717, 1.165) is 31.9 Å². The maximum absolute atomic E-state index is 8.81. The Labute approximate surface area is 95.7 Å². The van der Waals surface area contributed by atoms with Crippen molar-refractivity contribution >= 4 is 5.82 Å². The van der Waals surface area contributed by atoms with Crippen LogP contribution in [0, 0.1) is 17.2 Å². The molecule has 0 aromatic carbocycles. The molecule has 0 saturated carbocycles. The summed E-state index contributed by atoms with van der Waals surface area (Å²) in [5.74, 6) is 1.46. The summed E-state index contributed by atoms with van der Waals surface area (Å²) in [6.45, 7) is 2.70. The second kappa shape index (κ2) is 4.95. The van der Waals surface area contributed by atoms with Gasteiger partial charge in [-0.3, -0.25) is 0 Å². The number of nitrogens with two attached hydrogens (primary N) is 1. The highest BCUT2D eigenvalue weighted by Crippen LogP contribution is 2.20. The normalized spacial score (nSPS) is 20.5. The number of nitriles is 1. The van der Waals surface area contributed by atoms with Crippen molar-refractivity contribution in [2.75, 3.05) is 24.5 Å². The van der Waals surface area contributed by atoms with Crippen molar-refractivity contribution in [3.05, 3.63) is 23.9 Å². The molecule has 1 aliphatic rings. The Bertz CT molecular complexity index is 396. The maximum Gasteiger partial charge on any atom is 0.142 e. The summed E-state index contributed by atoms with van der Waals surface area (Å²) in [4.78, 5) is 6.53. The molecule has 0 amide bonds. The van der Waals surface area contributed by atoms with Crippen LogP contribution in [0.15, 0.2) is 18.2 Å². The molecule has 0 bridgehead atoms. The first-order chi connectivity index (χ1) is 7.83. The molecule has 1 aliphatic heterocycles. The number of nitrogens with zero attached hydrogens (tertiary/aromatic N) is 3. The molecule has 2 rings (SSSR count). The molecule has 1 saturated heterocycles. The third-order valence-corrected chi connectivity index (χ3v) is 3.03. The molecule has 4 heteroatoms. The molecule has 0 radical (unpaired) electrons. The monoisotopic (exact) mass is 216 g/mol. The lowest BCUT2D eigenvalue weighted by atomic mass is 9.98. The molecular weight excluding hydrogens is 200 g/mol. The molecule has 1 fully saturated rings. The van der Waals surface area contributed by atoms with Crippen molar-refractivity contribution in [1.29, 1.82) is 5.26 Å². The van der Waals surface area contributed by atoms with Crippen LogP contribution < -0.4 is 10.6 Å². The van der Waals surface area contributed by atoms with E-state index in [-0.39, 0.29) is 0 Å². The Morgan fingerprint density at radius 3 is 3.19 bits per heavy atom. The molecule has 2 heterocycles. The predicted molar refractivity (Wildman–Crippen MR) is 62.9 cm³/mol. The Morgan fingerprint density at radius 1 is 1.56 bits per heavy atom. The van der Waals surface area contributed by atoms with E-state index in [2.05, 4.69) is 16.0 Å². The van der Waals surface area contributed by atoms with E-state index in [1.165, 1.54) is 6.42 Å². The van der Waals surface area contributed by atoms with Gasteiger partial charge in [-0.25, -0.2) is 4.98 Å². The van der Waals surface area contributed by atoms with Gasteiger partial charge in [-0.1, -0.05) is 6.07 Å². The first-order valence-corrected chi connectivity index (χ1v) is 5.65. The second-order valence-electron chi connectivity index (χ2n) is 4.18. The van der Waals surface area contributed by atoms with Gasteiger partial charge in [0.1, 0.15) is 17.6 Å². The van der Waals surface area contributed by atoms with Gasteiger partial charge in [0.2, 0.25) is 0 Å². The molecule has 84 valence electrons. The minimum absolute atomic E-state index is 0.479. The Kier molecular flexibility index (Phi) is 3.37. The highest BCUT2D eigenvalue weighted by molar-refractivity contribution is 5.42. The van der Waals surface area contributed by atoms with Crippen molar-refractivity contribution in [1.82, 2.24) is 4.98 Å². The molecular formula is C12H16N4. The van der Waals surface area contributed by atoms with E-state index in [4.69, 9.17) is 11.0 Å². The van der Waals surface area contributed by atoms with Crippen LogP contribution in [0.25, 0.3) is 0 Å². The van der Waals surface area contributed by atoms with E-state index < -0.39 is 0 Å². The minimum atomic E-state index is 0.479. The summed E-state index contributed by atoms with van der Waals surface area (Å²) in [5.41, 5.74) is 6.18. The van der Waals surface area contributed by atoms with Crippen LogP contribution in [0.5, 0.6) is 0 Å². The first-order valence-electron chi connectivity index (χ1n) is 5.65. The number of anilines is 1. The van der Waals surface area contributed by atoms with E-state index in [1.807, 2.05) is 12.1 Å². The van der Waals surface area contributed by atoms with Crippen molar-refractivity contribution in [2.24, 2.45) is 11.7 Å². The molecule has 16 heavy (non-hydrogen) atoms. The van der Waals surface area contributed by atoms with Gasteiger partial charge in [-0.2, -0.15) is 5.26 Å². The zero-order valence-electron chi connectivity index (χ0n) is 9.26. The summed E-state index contributed by atoms with van der Waals surface area (Å²) in [6.07, 6.45) is 2.35. The average molecular weight is 216 g/mol. The second-order valence-corrected chi connectivity index (χ2v) is 4.18. The van der Waals surface area contributed by atoms with Gasteiger partial charge in [0, 0.05) is 13.1 Å². The number of piperidine rings is 1. The van der Waals surface area contributed by atoms with Gasteiger partial charge < -0.3 is 10.6 Å². The molecule has 1 unspecified atom stereocenters. The lowest BCUT2D eigenvalue weighted by molar-refractivity contribution is 0.421. The topological polar surface area (TPSA) is 65.9 Å². The predicted octanol–water partition coefficient (Wildman–Crippen LogP) is 1.13. The first kappa shape index (κ1) is 10.9. The lowest BCUT2D eigenvalue weighted by Crippen LogP contribution is -2.38. The van der Waals surface area contributed by atoms with Crippen LogP contribution in [-0.2, 0) is 0 Å². The summed E-state index contributed by atoms with van der Waals surface area (Å²) in [7, 11) is 0. The van der Waals surface area contributed by atoms with Crippen molar-refractivity contribution < 1.29 is 0 Å². The number of aromatic nitrogens is 1. The standard InChI is InChI=1S/C12H16N4/c13-7-10-3-2-6-16(9-10)12-5-1-4-11(8-14)15-12/h1,4-5,10H,2-3,6-7,9,13H2. The fourth-order valence-electron chi connectivity index (χ4n) is 2.13. The summed E-state index contributed by atoms with van der Waals surface area (Å²) < 4.78 is 0. The van der Waals surface area contributed by atoms with Gasteiger partial charge in [0.05, 0.1) is 0 Å². The van der Waals surface area contributed by atoms with Crippen LogP contribution in [0.3, 0.4) is 0 Å². The molecule has 0 aliphatic carbocycles. The maximum atomic E-state index is 8.81. The van der Waals surface area contributed by atoms with Crippen molar-refractivity contribution in [2.45, 2.75) is 12.8 Å². The zero-order valence-corrected chi connectivity index (χ0v) is 9.26. The van der Waals surface area contributed by atoms with Gasteiger partial charge in [0.15, 0.2) is 0 Å². The lowest BCUT2D eigenvalue weighted by Gasteiger charge is -2.33. The fraction of sp³-hybridized carbons (Fsp3) is 0.500. The number of hydrogen-bond donors (Lipinski definition) is 1. The van der Waals surface area contributed by atoms with E-state index in [1.54, 1.807) is 6.07 Å². The fourth-order valence-corrected chi connectivity index (χ4v) is 2.13. The molecule has 1 atom stereocenters. The van der Waals surface area contributed by atoms with Crippen LogP contribution in [-0.4, -0.2) is 24.6 Å². The summed E-state index contributed by atoms with van der Waals surface area (Å²) in [5, 5.41) is 8.81. The third kappa shape index (κ3) is 2.31. The Balaban J connectivity index is 2.14. The molecule has 1 aromatic rings. The minimum Gasteiger partial charge on any atom is -0.356 e. The zero-order chi connectivity index (χ0) is 11.4. The van der Waals surface area contributed by atoms with Gasteiger partial charge in [0.25, 0.3) is 0 Å². The molecule has 4 nitrogen and oxygen atoms in total. The summed E-state index contributed by atoms with van der Waals surface area (Å²) in [6, 6.07) is 7.64. The van der Waals surface area contributed by atoms with E-state index >= 15 is 0 Å². The van der Waals surface area contributed by atoms with Gasteiger partial charge in [-0.15, -0.1) is 0 Å². The van der Waals surface area contributed by atoms with E-state index in [0.29, 0.717) is 11.6 Å². The molecule has 1 aromatic heterocycles. The number of rotatable bonds is 2. The Hall–Kier alpha value is -1.60. The van der Waals surface area contributed by atoms with Crippen molar-refractivity contribution in [3.63, 3.8) is 0 Å². The SMILES string of the molecule is N#Cc1cccc(N2CCCC(CN)C2)n1. The van der Waals surface area contributed by atoms with Gasteiger partial charge >= 0.3 is 0 Å². The highest BCUT2D eigenvalue weighted by atomic mass is 15.2. The molecule has 2 N–H and O–H groups in total. The average Bonchev–Trinajstić information content (AvgIpc) is 2.39. The summed E-state index contributed by atoms with van der Waals surface area (Å²) >= 11 is 0. The van der Waals surface area contributed by atoms with Gasteiger partial charge in [-0.05, 0) is 37.4 Å². The number of pyridine rings is 1. The Morgan fingerprint density at radius 2 is 2.44 bits per heavy atom.